The lowest BCUT2D eigenvalue weighted by atomic mass is 9.94. The standard InChI is InChI=1S/C25H27F2NO4/c1-3-31-16-21(25(30)32-4-2)24(29)20-13-22(26)19(12-23(20)27)18-10-11-28(15-18)14-17-8-6-5-7-9-17/h5-9,12-13,16,18H,3-4,10-11,14-15H2,1-2H3. The first-order valence-electron chi connectivity index (χ1n) is 10.7. The van der Waals surface area contributed by atoms with Gasteiger partial charge in [0.1, 0.15) is 23.5 Å². The summed E-state index contributed by atoms with van der Waals surface area (Å²) in [6.45, 7) is 5.59. The maximum atomic E-state index is 15.0. The van der Waals surface area contributed by atoms with Crippen LogP contribution >= 0.6 is 0 Å². The van der Waals surface area contributed by atoms with Crippen LogP contribution in [0.25, 0.3) is 0 Å². The molecule has 1 saturated heterocycles. The summed E-state index contributed by atoms with van der Waals surface area (Å²) in [4.78, 5) is 27.1. The lowest BCUT2D eigenvalue weighted by Crippen LogP contribution is -2.20. The highest BCUT2D eigenvalue weighted by Gasteiger charge is 2.30. The van der Waals surface area contributed by atoms with Crippen LogP contribution in [0.1, 0.15) is 47.7 Å². The van der Waals surface area contributed by atoms with Crippen LogP contribution in [0.2, 0.25) is 0 Å². The fraction of sp³-hybridized carbons (Fsp3) is 0.360. The number of carbonyl (C=O) groups excluding carboxylic acids is 2. The maximum absolute atomic E-state index is 15.0. The Kier molecular flexibility index (Phi) is 8.11. The van der Waals surface area contributed by atoms with Crippen molar-refractivity contribution in [2.24, 2.45) is 0 Å². The minimum atomic E-state index is -0.975. The molecule has 5 nitrogen and oxygen atoms in total. The number of hydrogen-bond acceptors (Lipinski definition) is 5. The van der Waals surface area contributed by atoms with E-state index in [2.05, 4.69) is 4.90 Å². The largest absolute Gasteiger partial charge is 0.500 e. The van der Waals surface area contributed by atoms with Crippen molar-refractivity contribution in [1.29, 1.82) is 0 Å². The highest BCUT2D eigenvalue weighted by molar-refractivity contribution is 6.24. The van der Waals surface area contributed by atoms with Crippen molar-refractivity contribution in [2.75, 3.05) is 26.3 Å². The molecule has 0 aromatic heterocycles. The first kappa shape index (κ1) is 23.6. The molecule has 0 N–H and O–H groups in total. The smallest absolute Gasteiger partial charge is 0.345 e. The third-order valence-electron chi connectivity index (χ3n) is 5.40. The maximum Gasteiger partial charge on any atom is 0.345 e. The molecule has 32 heavy (non-hydrogen) atoms. The highest BCUT2D eigenvalue weighted by Crippen LogP contribution is 2.32. The second kappa shape index (κ2) is 11.0. The Bertz CT molecular complexity index is 991. The monoisotopic (exact) mass is 443 g/mol. The third kappa shape index (κ3) is 5.59. The third-order valence-corrected chi connectivity index (χ3v) is 5.40. The molecule has 1 unspecified atom stereocenters. The number of nitrogens with zero attached hydrogens (tertiary/aromatic N) is 1. The van der Waals surface area contributed by atoms with E-state index in [9.17, 15) is 18.4 Å². The molecular weight excluding hydrogens is 416 g/mol. The summed E-state index contributed by atoms with van der Waals surface area (Å²) in [5.74, 6) is -3.64. The van der Waals surface area contributed by atoms with E-state index in [0.29, 0.717) is 13.0 Å². The molecule has 1 fully saturated rings. The van der Waals surface area contributed by atoms with Crippen molar-refractivity contribution >= 4 is 11.8 Å². The predicted octanol–water partition coefficient (Wildman–Crippen LogP) is 4.62. The van der Waals surface area contributed by atoms with Gasteiger partial charge in [-0.15, -0.1) is 0 Å². The van der Waals surface area contributed by atoms with Gasteiger partial charge >= 0.3 is 5.97 Å². The number of halogens is 2. The predicted molar refractivity (Wildman–Crippen MR) is 116 cm³/mol. The number of ketones is 1. The molecule has 1 aliphatic rings. The van der Waals surface area contributed by atoms with Crippen LogP contribution in [0, 0.1) is 11.6 Å². The van der Waals surface area contributed by atoms with Crippen molar-refractivity contribution in [3.05, 3.63) is 82.6 Å². The van der Waals surface area contributed by atoms with Crippen LogP contribution in [-0.2, 0) is 20.8 Å². The van der Waals surface area contributed by atoms with Gasteiger partial charge < -0.3 is 9.47 Å². The molecule has 2 aromatic carbocycles. The van der Waals surface area contributed by atoms with Crippen molar-refractivity contribution in [3.63, 3.8) is 0 Å². The van der Waals surface area contributed by atoms with Crippen LogP contribution in [0.3, 0.4) is 0 Å². The summed E-state index contributed by atoms with van der Waals surface area (Å²) in [6, 6.07) is 11.9. The van der Waals surface area contributed by atoms with Crippen LogP contribution < -0.4 is 0 Å². The molecule has 0 spiro atoms. The number of Topliss-reactive ketones (excluding diaryl/α,β-unsaturated/α-hetero) is 1. The minimum absolute atomic E-state index is 0.0342. The number of rotatable bonds is 9. The average Bonchev–Trinajstić information content (AvgIpc) is 3.24. The number of ether oxygens (including phenoxy) is 2. The molecule has 0 saturated carbocycles. The Morgan fingerprint density at radius 2 is 1.84 bits per heavy atom. The zero-order valence-electron chi connectivity index (χ0n) is 18.3. The normalized spacial score (nSPS) is 16.8. The second-order valence-electron chi connectivity index (χ2n) is 7.60. The van der Waals surface area contributed by atoms with Gasteiger partial charge in [0.25, 0.3) is 0 Å². The molecule has 170 valence electrons. The molecule has 2 aromatic rings. The molecule has 7 heteroatoms. The Hall–Kier alpha value is -3.06. The summed E-state index contributed by atoms with van der Waals surface area (Å²) in [5.41, 5.74) is 0.397. The molecule has 0 aliphatic carbocycles. The van der Waals surface area contributed by atoms with Gasteiger partial charge in [0.15, 0.2) is 0 Å². The van der Waals surface area contributed by atoms with E-state index in [4.69, 9.17) is 9.47 Å². The lowest BCUT2D eigenvalue weighted by Gasteiger charge is -2.17. The van der Waals surface area contributed by atoms with Gasteiger partial charge in [0, 0.05) is 19.0 Å². The SMILES string of the molecule is CCOC=C(C(=O)OCC)C(=O)c1cc(F)c(C2CCN(Cc3ccccc3)C2)cc1F. The number of carbonyl (C=O) groups is 2. The summed E-state index contributed by atoms with van der Waals surface area (Å²) in [7, 11) is 0. The second-order valence-corrected chi connectivity index (χ2v) is 7.60. The lowest BCUT2D eigenvalue weighted by molar-refractivity contribution is -0.138. The number of likely N-dealkylation sites (tertiary alicyclic amines) is 1. The zero-order chi connectivity index (χ0) is 23.1. The van der Waals surface area contributed by atoms with E-state index in [-0.39, 0.29) is 24.7 Å². The molecule has 1 atom stereocenters. The highest BCUT2D eigenvalue weighted by atomic mass is 19.1. The topological polar surface area (TPSA) is 55.8 Å². The van der Waals surface area contributed by atoms with Crippen molar-refractivity contribution in [1.82, 2.24) is 4.90 Å². The van der Waals surface area contributed by atoms with Crippen molar-refractivity contribution in [2.45, 2.75) is 32.7 Å². The molecule has 3 rings (SSSR count). The fourth-order valence-electron chi connectivity index (χ4n) is 3.84. The quantitative estimate of drug-likeness (QED) is 0.141. The summed E-state index contributed by atoms with van der Waals surface area (Å²) in [5, 5.41) is 0. The van der Waals surface area contributed by atoms with Gasteiger partial charge in [-0.05, 0) is 50.1 Å². The van der Waals surface area contributed by atoms with E-state index in [0.717, 1.165) is 37.0 Å². The molecule has 0 radical (unpaired) electrons. The van der Waals surface area contributed by atoms with Crippen LogP contribution in [-0.4, -0.2) is 43.0 Å². The summed E-state index contributed by atoms with van der Waals surface area (Å²) < 4.78 is 39.7. The van der Waals surface area contributed by atoms with Crippen LogP contribution in [0.15, 0.2) is 54.3 Å². The molecule has 1 heterocycles. The van der Waals surface area contributed by atoms with E-state index < -0.39 is 34.5 Å². The van der Waals surface area contributed by atoms with E-state index >= 15 is 0 Å². The Morgan fingerprint density at radius 3 is 2.53 bits per heavy atom. The molecule has 1 aliphatic heterocycles. The van der Waals surface area contributed by atoms with Crippen LogP contribution in [0.5, 0.6) is 0 Å². The first-order chi connectivity index (χ1) is 15.4. The van der Waals surface area contributed by atoms with Gasteiger partial charge in [-0.2, -0.15) is 0 Å². The van der Waals surface area contributed by atoms with Gasteiger partial charge in [-0.3, -0.25) is 9.69 Å². The van der Waals surface area contributed by atoms with Crippen molar-refractivity contribution < 1.29 is 27.8 Å². The molecule has 0 amide bonds. The fourth-order valence-corrected chi connectivity index (χ4v) is 3.84. The van der Waals surface area contributed by atoms with E-state index in [1.807, 2.05) is 30.3 Å². The number of hydrogen-bond donors (Lipinski definition) is 0. The molecule has 0 bridgehead atoms. The van der Waals surface area contributed by atoms with E-state index in [1.54, 1.807) is 13.8 Å². The van der Waals surface area contributed by atoms with E-state index in [1.165, 1.54) is 0 Å². The zero-order valence-corrected chi connectivity index (χ0v) is 18.3. The first-order valence-corrected chi connectivity index (χ1v) is 10.7. The Morgan fingerprint density at radius 1 is 1.09 bits per heavy atom. The number of esters is 1. The number of benzene rings is 2. The van der Waals surface area contributed by atoms with Gasteiger partial charge in [-0.1, -0.05) is 30.3 Å². The Balaban J connectivity index is 1.78. The van der Waals surface area contributed by atoms with Gasteiger partial charge in [0.05, 0.1) is 18.8 Å². The average molecular weight is 443 g/mol. The van der Waals surface area contributed by atoms with Gasteiger partial charge in [0.2, 0.25) is 5.78 Å². The minimum Gasteiger partial charge on any atom is -0.500 e. The van der Waals surface area contributed by atoms with Crippen LogP contribution in [0.4, 0.5) is 8.78 Å². The van der Waals surface area contributed by atoms with Gasteiger partial charge in [-0.25, -0.2) is 13.6 Å². The Labute approximate surface area is 186 Å². The van der Waals surface area contributed by atoms with Crippen molar-refractivity contribution in [3.8, 4) is 0 Å². The summed E-state index contributed by atoms with van der Waals surface area (Å²) in [6.07, 6.45) is 1.62. The summed E-state index contributed by atoms with van der Waals surface area (Å²) >= 11 is 0. The molecular formula is C25H27F2NO4.